The summed E-state index contributed by atoms with van der Waals surface area (Å²) in [4.78, 5) is 4.13. The molecule has 0 atom stereocenters. The van der Waals surface area contributed by atoms with Crippen LogP contribution in [0.15, 0.2) is 12.1 Å². The molecule has 0 aromatic carbocycles. The van der Waals surface area contributed by atoms with Gasteiger partial charge in [0, 0.05) is 18.3 Å². The van der Waals surface area contributed by atoms with Crippen molar-refractivity contribution in [3.05, 3.63) is 28.5 Å². The lowest BCUT2D eigenvalue weighted by molar-refractivity contribution is 0.338. The molecule has 1 heterocycles. The summed E-state index contributed by atoms with van der Waals surface area (Å²) in [7, 11) is 0. The maximum atomic E-state index is 5.87. The third-order valence-corrected chi connectivity index (χ3v) is 2.88. The van der Waals surface area contributed by atoms with Crippen molar-refractivity contribution < 1.29 is 0 Å². The highest BCUT2D eigenvalue weighted by molar-refractivity contribution is 6.29. The Balaban J connectivity index is 1.94. The second-order valence-corrected chi connectivity index (χ2v) is 4.34. The lowest BCUT2D eigenvalue weighted by Crippen LogP contribution is -2.34. The van der Waals surface area contributed by atoms with Gasteiger partial charge in [0.05, 0.1) is 0 Å². The summed E-state index contributed by atoms with van der Waals surface area (Å²) in [5.74, 6) is 0. The lowest BCUT2D eigenvalue weighted by Gasteiger charge is -2.26. The van der Waals surface area contributed by atoms with Crippen LogP contribution in [-0.2, 0) is 6.54 Å². The average molecular weight is 211 g/mol. The summed E-state index contributed by atoms with van der Waals surface area (Å²) in [5.41, 5.74) is 2.22. The van der Waals surface area contributed by atoms with Gasteiger partial charge in [0.1, 0.15) is 5.15 Å². The zero-order valence-electron chi connectivity index (χ0n) is 8.39. The van der Waals surface area contributed by atoms with Crippen LogP contribution in [0.1, 0.15) is 30.5 Å². The van der Waals surface area contributed by atoms with Gasteiger partial charge < -0.3 is 5.32 Å². The van der Waals surface area contributed by atoms with E-state index in [4.69, 9.17) is 11.6 Å². The van der Waals surface area contributed by atoms with E-state index in [0.717, 1.165) is 18.3 Å². The van der Waals surface area contributed by atoms with Gasteiger partial charge in [-0.3, -0.25) is 0 Å². The second-order valence-electron chi connectivity index (χ2n) is 3.95. The van der Waals surface area contributed by atoms with E-state index in [1.54, 1.807) is 0 Å². The van der Waals surface area contributed by atoms with Crippen molar-refractivity contribution in [3.8, 4) is 0 Å². The molecule has 76 valence electrons. The smallest absolute Gasteiger partial charge is 0.129 e. The normalized spacial score (nSPS) is 16.7. The molecule has 1 aromatic heterocycles. The van der Waals surface area contributed by atoms with Gasteiger partial charge in [0.2, 0.25) is 0 Å². The predicted octanol–water partition coefficient (Wildman–Crippen LogP) is 2.69. The quantitative estimate of drug-likeness (QED) is 0.776. The topological polar surface area (TPSA) is 24.9 Å². The zero-order valence-corrected chi connectivity index (χ0v) is 9.14. The van der Waals surface area contributed by atoms with Crippen molar-refractivity contribution in [1.29, 1.82) is 0 Å². The number of rotatable bonds is 3. The van der Waals surface area contributed by atoms with Crippen LogP contribution in [0.2, 0.25) is 5.15 Å². The van der Waals surface area contributed by atoms with Crippen molar-refractivity contribution in [2.24, 2.45) is 0 Å². The summed E-state index contributed by atoms with van der Waals surface area (Å²) in [6.45, 7) is 2.88. The molecule has 1 aliphatic rings. The Morgan fingerprint density at radius 3 is 2.86 bits per heavy atom. The molecule has 0 bridgehead atoms. The molecule has 0 radical (unpaired) electrons. The van der Waals surface area contributed by atoms with Gasteiger partial charge in [-0.05, 0) is 37.5 Å². The molecule has 0 saturated heterocycles. The van der Waals surface area contributed by atoms with Crippen molar-refractivity contribution in [2.45, 2.75) is 38.8 Å². The molecule has 0 spiro atoms. The van der Waals surface area contributed by atoms with E-state index >= 15 is 0 Å². The van der Waals surface area contributed by atoms with E-state index in [-0.39, 0.29) is 0 Å². The van der Waals surface area contributed by atoms with Gasteiger partial charge in [-0.15, -0.1) is 0 Å². The number of aryl methyl sites for hydroxylation is 1. The number of nitrogens with zero attached hydrogens (tertiary/aromatic N) is 1. The molecule has 1 saturated carbocycles. The number of nitrogens with one attached hydrogen (secondary N) is 1. The Hall–Kier alpha value is -0.600. The van der Waals surface area contributed by atoms with Crippen molar-refractivity contribution in [2.75, 3.05) is 0 Å². The summed E-state index contributed by atoms with van der Waals surface area (Å²) in [6.07, 6.45) is 4.00. The third kappa shape index (κ3) is 2.46. The highest BCUT2D eigenvalue weighted by Gasteiger charge is 2.16. The van der Waals surface area contributed by atoms with E-state index in [1.165, 1.54) is 24.8 Å². The van der Waals surface area contributed by atoms with E-state index in [0.29, 0.717) is 5.15 Å². The SMILES string of the molecule is Cc1cc(CNC2CCC2)cc(Cl)n1. The first-order chi connectivity index (χ1) is 6.74. The number of aromatic nitrogens is 1. The Bertz CT molecular complexity index is 301. The fraction of sp³-hybridized carbons (Fsp3) is 0.545. The minimum Gasteiger partial charge on any atom is -0.310 e. The first-order valence-electron chi connectivity index (χ1n) is 5.10. The maximum absolute atomic E-state index is 5.87. The highest BCUT2D eigenvalue weighted by Crippen LogP contribution is 2.19. The Labute approximate surface area is 89.7 Å². The molecule has 2 rings (SSSR count). The summed E-state index contributed by atoms with van der Waals surface area (Å²) < 4.78 is 0. The van der Waals surface area contributed by atoms with Crippen LogP contribution < -0.4 is 5.32 Å². The van der Waals surface area contributed by atoms with Crippen LogP contribution in [-0.4, -0.2) is 11.0 Å². The molecule has 1 N–H and O–H groups in total. The van der Waals surface area contributed by atoms with Crippen molar-refractivity contribution in [3.63, 3.8) is 0 Å². The minimum absolute atomic E-state index is 0.593. The number of halogens is 1. The molecule has 3 heteroatoms. The number of hydrogen-bond donors (Lipinski definition) is 1. The molecular formula is C11H15ClN2. The van der Waals surface area contributed by atoms with Crippen molar-refractivity contribution in [1.82, 2.24) is 10.3 Å². The van der Waals surface area contributed by atoms with Gasteiger partial charge >= 0.3 is 0 Å². The van der Waals surface area contributed by atoms with E-state index in [1.807, 2.05) is 13.0 Å². The van der Waals surface area contributed by atoms with Crippen LogP contribution in [0, 0.1) is 6.92 Å². The Morgan fingerprint density at radius 1 is 1.50 bits per heavy atom. The molecule has 1 aromatic rings. The van der Waals surface area contributed by atoms with Gasteiger partial charge in [-0.2, -0.15) is 0 Å². The van der Waals surface area contributed by atoms with Crippen molar-refractivity contribution >= 4 is 11.6 Å². The van der Waals surface area contributed by atoms with E-state index in [2.05, 4.69) is 16.4 Å². The minimum atomic E-state index is 0.593. The number of pyridine rings is 1. The summed E-state index contributed by atoms with van der Waals surface area (Å²) in [6, 6.07) is 4.74. The predicted molar refractivity (Wildman–Crippen MR) is 58.5 cm³/mol. The largest absolute Gasteiger partial charge is 0.310 e. The fourth-order valence-electron chi connectivity index (χ4n) is 1.67. The molecular weight excluding hydrogens is 196 g/mol. The summed E-state index contributed by atoms with van der Waals surface area (Å²) in [5, 5.41) is 4.10. The molecule has 1 aliphatic carbocycles. The van der Waals surface area contributed by atoms with E-state index < -0.39 is 0 Å². The maximum Gasteiger partial charge on any atom is 0.129 e. The van der Waals surface area contributed by atoms with Crippen LogP contribution in [0.25, 0.3) is 0 Å². The van der Waals surface area contributed by atoms with Crippen LogP contribution in [0.4, 0.5) is 0 Å². The van der Waals surface area contributed by atoms with Gasteiger partial charge in [-0.1, -0.05) is 18.0 Å². The first-order valence-corrected chi connectivity index (χ1v) is 5.48. The van der Waals surface area contributed by atoms with Gasteiger partial charge in [0.15, 0.2) is 0 Å². The monoisotopic (exact) mass is 210 g/mol. The molecule has 0 amide bonds. The second kappa shape index (κ2) is 4.28. The average Bonchev–Trinajstić information content (AvgIpc) is 1.99. The molecule has 14 heavy (non-hydrogen) atoms. The zero-order chi connectivity index (χ0) is 9.97. The molecule has 1 fully saturated rings. The molecule has 0 aliphatic heterocycles. The highest BCUT2D eigenvalue weighted by atomic mass is 35.5. The van der Waals surface area contributed by atoms with Gasteiger partial charge in [0.25, 0.3) is 0 Å². The lowest BCUT2D eigenvalue weighted by atomic mass is 9.93. The van der Waals surface area contributed by atoms with Crippen LogP contribution in [0.5, 0.6) is 0 Å². The van der Waals surface area contributed by atoms with Crippen LogP contribution >= 0.6 is 11.6 Å². The Kier molecular flexibility index (Phi) is 3.04. The molecule has 0 unspecified atom stereocenters. The standard InChI is InChI=1S/C11H15ClN2/c1-8-5-9(6-11(12)14-8)7-13-10-3-2-4-10/h5-6,10,13H,2-4,7H2,1H3. The van der Waals surface area contributed by atoms with Crippen LogP contribution in [0.3, 0.4) is 0 Å². The fourth-order valence-corrected chi connectivity index (χ4v) is 1.95. The molecule has 2 nitrogen and oxygen atoms in total. The summed E-state index contributed by atoms with van der Waals surface area (Å²) >= 11 is 5.87. The van der Waals surface area contributed by atoms with E-state index in [9.17, 15) is 0 Å². The third-order valence-electron chi connectivity index (χ3n) is 2.68. The Morgan fingerprint density at radius 2 is 2.29 bits per heavy atom. The first kappa shape index (κ1) is 9.94. The number of hydrogen-bond acceptors (Lipinski definition) is 2. The van der Waals surface area contributed by atoms with Gasteiger partial charge in [-0.25, -0.2) is 4.98 Å².